The summed E-state index contributed by atoms with van der Waals surface area (Å²) in [5, 5.41) is 6.58. The highest BCUT2D eigenvalue weighted by atomic mass is 19.4. The zero-order valence-electron chi connectivity index (χ0n) is 11.5. The van der Waals surface area contributed by atoms with E-state index in [1.807, 2.05) is 13.8 Å². The largest absolute Gasteiger partial charge is 0.412 e. The number of alkyl halides is 3. The second kappa shape index (κ2) is 5.69. The average Bonchev–Trinajstić information content (AvgIpc) is 2.79. The van der Waals surface area contributed by atoms with Crippen molar-refractivity contribution >= 4 is 0 Å². The molecule has 1 aliphatic heterocycles. The van der Waals surface area contributed by atoms with E-state index in [0.717, 1.165) is 17.3 Å². The van der Waals surface area contributed by atoms with Crippen LogP contribution in [0.25, 0.3) is 0 Å². The first-order chi connectivity index (χ1) is 9.28. The molecule has 2 unspecified atom stereocenters. The van der Waals surface area contributed by atoms with Gasteiger partial charge in [0, 0.05) is 19.2 Å². The van der Waals surface area contributed by atoms with Gasteiger partial charge < -0.3 is 10.1 Å². The Balaban J connectivity index is 1.96. The summed E-state index contributed by atoms with van der Waals surface area (Å²) in [4.78, 5) is 3.58. The predicted octanol–water partition coefficient (Wildman–Crippen LogP) is 1.93. The van der Waals surface area contributed by atoms with Crippen LogP contribution in [-0.2, 0) is 4.74 Å². The highest BCUT2D eigenvalue weighted by Crippen LogP contribution is 2.30. The van der Waals surface area contributed by atoms with Crippen molar-refractivity contribution < 1.29 is 17.9 Å². The third-order valence-corrected chi connectivity index (χ3v) is 3.43. The third-order valence-electron chi connectivity index (χ3n) is 3.43. The standard InChI is InChI=1S/C12H19F3N4O/c1-11(2)5-9(3-4-20-11)17-6-10(12(13,14)15)19-8-16-7-18-19/h7-10,17H,3-6H2,1-2H3. The van der Waals surface area contributed by atoms with Crippen LogP contribution in [0.1, 0.15) is 32.7 Å². The molecule has 0 aliphatic carbocycles. The molecule has 2 heterocycles. The quantitative estimate of drug-likeness (QED) is 0.921. The fraction of sp³-hybridized carbons (Fsp3) is 0.833. The van der Waals surface area contributed by atoms with Crippen molar-refractivity contribution in [3.05, 3.63) is 12.7 Å². The average molecular weight is 292 g/mol. The zero-order chi connectivity index (χ0) is 14.8. The van der Waals surface area contributed by atoms with Gasteiger partial charge >= 0.3 is 6.18 Å². The summed E-state index contributed by atoms with van der Waals surface area (Å²) in [6.07, 6.45) is -0.758. The van der Waals surface area contributed by atoms with Crippen molar-refractivity contribution in [1.29, 1.82) is 0 Å². The predicted molar refractivity (Wildman–Crippen MR) is 66.2 cm³/mol. The van der Waals surface area contributed by atoms with Crippen molar-refractivity contribution in [1.82, 2.24) is 20.1 Å². The number of aromatic nitrogens is 3. The minimum atomic E-state index is -4.36. The maximum atomic E-state index is 13.0. The Labute approximate surface area is 115 Å². The summed E-state index contributed by atoms with van der Waals surface area (Å²) in [6.45, 7) is 4.23. The number of nitrogens with zero attached hydrogens (tertiary/aromatic N) is 3. The molecule has 0 radical (unpaired) electrons. The number of nitrogens with one attached hydrogen (secondary N) is 1. The van der Waals surface area contributed by atoms with Crippen molar-refractivity contribution in [3.63, 3.8) is 0 Å². The van der Waals surface area contributed by atoms with E-state index in [9.17, 15) is 13.2 Å². The van der Waals surface area contributed by atoms with Crippen LogP contribution >= 0.6 is 0 Å². The van der Waals surface area contributed by atoms with E-state index in [1.165, 1.54) is 0 Å². The Hall–Kier alpha value is -1.15. The van der Waals surface area contributed by atoms with Crippen LogP contribution in [0.5, 0.6) is 0 Å². The Kier molecular flexibility index (Phi) is 4.33. The maximum absolute atomic E-state index is 13.0. The molecule has 2 rings (SSSR count). The number of hydrogen-bond acceptors (Lipinski definition) is 4. The molecule has 0 aromatic carbocycles. The number of ether oxygens (including phenoxy) is 1. The SMILES string of the molecule is CC1(C)CC(NCC(n2cncn2)C(F)(F)F)CCO1. The van der Waals surface area contributed by atoms with Gasteiger partial charge in [-0.3, -0.25) is 0 Å². The van der Waals surface area contributed by atoms with Crippen LogP contribution in [-0.4, -0.2) is 45.7 Å². The Bertz CT molecular complexity index is 419. The molecule has 1 aromatic rings. The van der Waals surface area contributed by atoms with Crippen LogP contribution in [0.2, 0.25) is 0 Å². The molecule has 5 nitrogen and oxygen atoms in total. The molecule has 2 atom stereocenters. The molecule has 1 fully saturated rings. The summed E-state index contributed by atoms with van der Waals surface area (Å²) in [5.41, 5.74) is -0.295. The summed E-state index contributed by atoms with van der Waals surface area (Å²) >= 11 is 0. The van der Waals surface area contributed by atoms with Gasteiger partial charge in [0.05, 0.1) is 5.60 Å². The summed E-state index contributed by atoms with van der Waals surface area (Å²) < 4.78 is 45.5. The number of hydrogen-bond donors (Lipinski definition) is 1. The Morgan fingerprint density at radius 1 is 1.50 bits per heavy atom. The molecule has 0 bridgehead atoms. The molecule has 0 spiro atoms. The van der Waals surface area contributed by atoms with E-state index in [-0.39, 0.29) is 18.2 Å². The van der Waals surface area contributed by atoms with E-state index in [2.05, 4.69) is 15.4 Å². The highest BCUT2D eigenvalue weighted by molar-refractivity contribution is 4.85. The summed E-state index contributed by atoms with van der Waals surface area (Å²) in [7, 11) is 0. The lowest BCUT2D eigenvalue weighted by Crippen LogP contribution is -2.47. The van der Waals surface area contributed by atoms with Crippen LogP contribution in [0.4, 0.5) is 13.2 Å². The van der Waals surface area contributed by atoms with E-state index >= 15 is 0 Å². The van der Waals surface area contributed by atoms with E-state index < -0.39 is 12.2 Å². The maximum Gasteiger partial charge on any atom is 0.412 e. The molecular formula is C12H19F3N4O. The molecular weight excluding hydrogens is 273 g/mol. The van der Waals surface area contributed by atoms with E-state index in [1.54, 1.807) is 0 Å². The molecule has 8 heteroatoms. The molecule has 0 amide bonds. The fourth-order valence-electron chi connectivity index (χ4n) is 2.42. The van der Waals surface area contributed by atoms with Gasteiger partial charge in [-0.2, -0.15) is 18.3 Å². The number of rotatable bonds is 4. The third kappa shape index (κ3) is 3.92. The monoisotopic (exact) mass is 292 g/mol. The topological polar surface area (TPSA) is 52.0 Å². The zero-order valence-corrected chi connectivity index (χ0v) is 11.5. The lowest BCUT2D eigenvalue weighted by Gasteiger charge is -2.36. The second-order valence-corrected chi connectivity index (χ2v) is 5.64. The first kappa shape index (κ1) is 15.2. The van der Waals surface area contributed by atoms with Crippen LogP contribution in [0.15, 0.2) is 12.7 Å². The minimum Gasteiger partial charge on any atom is -0.375 e. The normalized spacial score (nSPS) is 24.6. The molecule has 1 N–H and O–H groups in total. The molecule has 114 valence electrons. The van der Waals surface area contributed by atoms with Gasteiger partial charge in [-0.1, -0.05) is 0 Å². The first-order valence-electron chi connectivity index (χ1n) is 6.56. The van der Waals surface area contributed by atoms with Gasteiger partial charge in [0.2, 0.25) is 0 Å². The van der Waals surface area contributed by atoms with Crippen molar-refractivity contribution in [2.24, 2.45) is 0 Å². The Morgan fingerprint density at radius 3 is 2.80 bits per heavy atom. The Morgan fingerprint density at radius 2 is 2.25 bits per heavy atom. The lowest BCUT2D eigenvalue weighted by molar-refractivity contribution is -0.170. The molecule has 0 saturated carbocycles. The molecule has 1 saturated heterocycles. The molecule has 20 heavy (non-hydrogen) atoms. The van der Waals surface area contributed by atoms with Gasteiger partial charge in [-0.25, -0.2) is 9.67 Å². The van der Waals surface area contributed by atoms with Gasteiger partial charge in [0.25, 0.3) is 0 Å². The van der Waals surface area contributed by atoms with Crippen LogP contribution in [0, 0.1) is 0 Å². The van der Waals surface area contributed by atoms with Gasteiger partial charge in [0.15, 0.2) is 6.04 Å². The smallest absolute Gasteiger partial charge is 0.375 e. The van der Waals surface area contributed by atoms with E-state index in [4.69, 9.17) is 4.74 Å². The van der Waals surface area contributed by atoms with Gasteiger partial charge in [-0.15, -0.1) is 0 Å². The van der Waals surface area contributed by atoms with Crippen LogP contribution < -0.4 is 5.32 Å². The van der Waals surface area contributed by atoms with Crippen LogP contribution in [0.3, 0.4) is 0 Å². The van der Waals surface area contributed by atoms with Gasteiger partial charge in [0.1, 0.15) is 12.7 Å². The fourth-order valence-corrected chi connectivity index (χ4v) is 2.42. The van der Waals surface area contributed by atoms with Crippen molar-refractivity contribution in [2.75, 3.05) is 13.2 Å². The van der Waals surface area contributed by atoms with Crippen molar-refractivity contribution in [3.8, 4) is 0 Å². The highest BCUT2D eigenvalue weighted by Gasteiger charge is 2.42. The minimum absolute atomic E-state index is 0.0205. The number of halogens is 3. The van der Waals surface area contributed by atoms with Gasteiger partial charge in [-0.05, 0) is 26.7 Å². The lowest BCUT2D eigenvalue weighted by atomic mass is 9.94. The summed E-state index contributed by atoms with van der Waals surface area (Å²) in [6, 6.07) is -1.68. The second-order valence-electron chi connectivity index (χ2n) is 5.64. The molecule has 1 aromatic heterocycles. The molecule has 1 aliphatic rings. The first-order valence-corrected chi connectivity index (χ1v) is 6.56. The van der Waals surface area contributed by atoms with E-state index in [0.29, 0.717) is 19.4 Å². The summed E-state index contributed by atoms with van der Waals surface area (Å²) in [5.74, 6) is 0. The van der Waals surface area contributed by atoms with Crippen molar-refractivity contribution in [2.45, 2.75) is 50.6 Å².